The number of hydrogen-bond donors (Lipinski definition) is 1. The molecule has 0 saturated carbocycles. The molecular formula is C21H29NO2. The number of nitrogens with one attached hydrogen (secondary N) is 1. The topological polar surface area (TPSA) is 30.5 Å². The lowest BCUT2D eigenvalue weighted by atomic mass is 10.2. The molecule has 1 unspecified atom stereocenters. The quantitative estimate of drug-likeness (QED) is 0.589. The maximum absolute atomic E-state index is 6.15. The Hall–Kier alpha value is -2.16. The zero-order chi connectivity index (χ0) is 17.2. The van der Waals surface area contributed by atoms with Gasteiger partial charge in [0.2, 0.25) is 0 Å². The van der Waals surface area contributed by atoms with Crippen LogP contribution < -0.4 is 14.8 Å². The van der Waals surface area contributed by atoms with Crippen LogP contribution in [-0.4, -0.2) is 19.3 Å². The number of anilines is 1. The monoisotopic (exact) mass is 327 g/mol. The fourth-order valence-electron chi connectivity index (χ4n) is 2.43. The number of unbranched alkanes of at least 4 members (excludes halogenated alkanes) is 1. The van der Waals surface area contributed by atoms with Crippen LogP contribution in [0.2, 0.25) is 0 Å². The Kier molecular flexibility index (Phi) is 7.47. The number of para-hydroxylation sites is 3. The highest BCUT2D eigenvalue weighted by Gasteiger charge is 2.11. The first-order valence-corrected chi connectivity index (χ1v) is 8.92. The normalized spacial score (nSPS) is 11.8. The highest BCUT2D eigenvalue weighted by molar-refractivity contribution is 5.56. The van der Waals surface area contributed by atoms with Crippen molar-refractivity contribution in [1.82, 2.24) is 0 Å². The van der Waals surface area contributed by atoms with E-state index in [0.717, 1.165) is 49.6 Å². The lowest BCUT2D eigenvalue weighted by Gasteiger charge is -2.21. The Bertz CT molecular complexity index is 612. The lowest BCUT2D eigenvalue weighted by molar-refractivity contribution is 0.208. The number of ether oxygens (including phenoxy) is 2. The molecule has 0 bridgehead atoms. The predicted molar refractivity (Wildman–Crippen MR) is 101 cm³/mol. The van der Waals surface area contributed by atoms with Crippen molar-refractivity contribution in [2.45, 2.75) is 46.1 Å². The molecule has 2 aromatic rings. The number of benzene rings is 2. The standard InChI is InChI=1S/C21H29NO2/c1-4-6-15-23-21-14-10-8-12-19(21)22-16-18(5-2)24-20-13-9-7-11-17(20)3/h7-14,18,22H,4-6,15-16H2,1-3H3. The van der Waals surface area contributed by atoms with Crippen molar-refractivity contribution in [1.29, 1.82) is 0 Å². The Morgan fingerprint density at radius 1 is 0.958 bits per heavy atom. The molecule has 0 aromatic heterocycles. The van der Waals surface area contributed by atoms with Gasteiger partial charge in [0.05, 0.1) is 18.8 Å². The van der Waals surface area contributed by atoms with Gasteiger partial charge in [0.25, 0.3) is 0 Å². The number of hydrogen-bond acceptors (Lipinski definition) is 3. The van der Waals surface area contributed by atoms with Crippen LogP contribution in [0.1, 0.15) is 38.7 Å². The van der Waals surface area contributed by atoms with E-state index in [1.807, 2.05) is 36.4 Å². The largest absolute Gasteiger partial charge is 0.491 e. The van der Waals surface area contributed by atoms with Gasteiger partial charge in [-0.05, 0) is 43.5 Å². The Balaban J connectivity index is 1.94. The van der Waals surface area contributed by atoms with Crippen molar-refractivity contribution in [3.8, 4) is 11.5 Å². The summed E-state index contributed by atoms with van der Waals surface area (Å²) < 4.78 is 12.0. The van der Waals surface area contributed by atoms with Crippen LogP contribution in [0.4, 0.5) is 5.69 Å². The van der Waals surface area contributed by atoms with E-state index in [9.17, 15) is 0 Å². The summed E-state index contributed by atoms with van der Waals surface area (Å²) in [5, 5.41) is 3.48. The van der Waals surface area contributed by atoms with E-state index in [-0.39, 0.29) is 6.10 Å². The molecule has 0 amide bonds. The van der Waals surface area contributed by atoms with Gasteiger partial charge in [0.1, 0.15) is 17.6 Å². The van der Waals surface area contributed by atoms with E-state index in [1.165, 1.54) is 5.56 Å². The second-order valence-electron chi connectivity index (χ2n) is 5.99. The zero-order valence-electron chi connectivity index (χ0n) is 15.0. The molecular weight excluding hydrogens is 298 g/mol. The minimum Gasteiger partial charge on any atom is -0.491 e. The van der Waals surface area contributed by atoms with E-state index in [4.69, 9.17) is 9.47 Å². The molecule has 0 radical (unpaired) electrons. The van der Waals surface area contributed by atoms with Crippen molar-refractivity contribution >= 4 is 5.69 Å². The van der Waals surface area contributed by atoms with Crippen molar-refractivity contribution in [3.05, 3.63) is 54.1 Å². The van der Waals surface area contributed by atoms with E-state index in [1.54, 1.807) is 0 Å². The first-order chi connectivity index (χ1) is 11.7. The van der Waals surface area contributed by atoms with Crippen molar-refractivity contribution in [2.24, 2.45) is 0 Å². The highest BCUT2D eigenvalue weighted by Crippen LogP contribution is 2.25. The van der Waals surface area contributed by atoms with E-state index >= 15 is 0 Å². The predicted octanol–water partition coefficient (Wildman–Crippen LogP) is 5.44. The minimum absolute atomic E-state index is 0.120. The average Bonchev–Trinajstić information content (AvgIpc) is 2.61. The molecule has 0 aliphatic rings. The minimum atomic E-state index is 0.120. The van der Waals surface area contributed by atoms with Gasteiger partial charge < -0.3 is 14.8 Å². The highest BCUT2D eigenvalue weighted by atomic mass is 16.5. The van der Waals surface area contributed by atoms with Crippen LogP contribution >= 0.6 is 0 Å². The Labute approximate surface area is 146 Å². The molecule has 130 valence electrons. The molecule has 0 aliphatic carbocycles. The van der Waals surface area contributed by atoms with Crippen LogP contribution in [-0.2, 0) is 0 Å². The van der Waals surface area contributed by atoms with E-state index in [0.29, 0.717) is 0 Å². The van der Waals surface area contributed by atoms with E-state index in [2.05, 4.69) is 38.2 Å². The Morgan fingerprint density at radius 3 is 2.38 bits per heavy atom. The SMILES string of the molecule is CCCCOc1ccccc1NCC(CC)Oc1ccccc1C. The second kappa shape index (κ2) is 9.86. The van der Waals surface area contributed by atoms with Gasteiger partial charge >= 0.3 is 0 Å². The summed E-state index contributed by atoms with van der Waals surface area (Å²) in [4.78, 5) is 0. The summed E-state index contributed by atoms with van der Waals surface area (Å²) in [6.07, 6.45) is 3.27. The van der Waals surface area contributed by atoms with Gasteiger partial charge in [-0.25, -0.2) is 0 Å². The molecule has 0 spiro atoms. The Morgan fingerprint density at radius 2 is 1.67 bits per heavy atom. The summed E-state index contributed by atoms with van der Waals surface area (Å²) in [7, 11) is 0. The third kappa shape index (κ3) is 5.48. The molecule has 0 saturated heterocycles. The maximum Gasteiger partial charge on any atom is 0.142 e. The van der Waals surface area contributed by atoms with Crippen LogP contribution in [0.25, 0.3) is 0 Å². The smallest absolute Gasteiger partial charge is 0.142 e. The van der Waals surface area contributed by atoms with Crippen LogP contribution in [0.15, 0.2) is 48.5 Å². The first-order valence-electron chi connectivity index (χ1n) is 8.92. The van der Waals surface area contributed by atoms with Crippen LogP contribution in [0, 0.1) is 6.92 Å². The first kappa shape index (κ1) is 18.2. The second-order valence-corrected chi connectivity index (χ2v) is 5.99. The summed E-state index contributed by atoms with van der Waals surface area (Å²) in [6.45, 7) is 7.90. The van der Waals surface area contributed by atoms with E-state index < -0.39 is 0 Å². The van der Waals surface area contributed by atoms with Crippen molar-refractivity contribution in [3.63, 3.8) is 0 Å². The molecule has 3 heteroatoms. The van der Waals surface area contributed by atoms with Gasteiger partial charge in [-0.15, -0.1) is 0 Å². The molecule has 2 rings (SSSR count). The third-order valence-corrected chi connectivity index (χ3v) is 4.01. The van der Waals surface area contributed by atoms with Gasteiger partial charge in [0, 0.05) is 0 Å². The lowest BCUT2D eigenvalue weighted by Crippen LogP contribution is -2.25. The molecule has 0 fully saturated rings. The molecule has 1 N–H and O–H groups in total. The van der Waals surface area contributed by atoms with Gasteiger partial charge in [-0.1, -0.05) is 50.6 Å². The third-order valence-electron chi connectivity index (χ3n) is 4.01. The molecule has 2 aromatic carbocycles. The van der Waals surface area contributed by atoms with Crippen molar-refractivity contribution < 1.29 is 9.47 Å². The summed E-state index contributed by atoms with van der Waals surface area (Å²) in [5.74, 6) is 1.87. The molecule has 0 aliphatic heterocycles. The summed E-state index contributed by atoms with van der Waals surface area (Å²) >= 11 is 0. The van der Waals surface area contributed by atoms with Crippen LogP contribution in [0.5, 0.6) is 11.5 Å². The molecule has 24 heavy (non-hydrogen) atoms. The van der Waals surface area contributed by atoms with Gasteiger partial charge in [-0.2, -0.15) is 0 Å². The fraction of sp³-hybridized carbons (Fsp3) is 0.429. The fourth-order valence-corrected chi connectivity index (χ4v) is 2.43. The number of rotatable bonds is 10. The number of aryl methyl sites for hydroxylation is 1. The van der Waals surface area contributed by atoms with Crippen LogP contribution in [0.3, 0.4) is 0 Å². The van der Waals surface area contributed by atoms with Gasteiger partial charge in [-0.3, -0.25) is 0 Å². The molecule has 1 atom stereocenters. The molecule has 0 heterocycles. The summed E-state index contributed by atoms with van der Waals surface area (Å²) in [6, 6.07) is 16.3. The maximum atomic E-state index is 6.15. The van der Waals surface area contributed by atoms with Gasteiger partial charge in [0.15, 0.2) is 0 Å². The summed E-state index contributed by atoms with van der Waals surface area (Å²) in [5.41, 5.74) is 2.19. The molecule has 3 nitrogen and oxygen atoms in total. The van der Waals surface area contributed by atoms with Crippen molar-refractivity contribution in [2.75, 3.05) is 18.5 Å². The zero-order valence-corrected chi connectivity index (χ0v) is 15.0. The average molecular weight is 327 g/mol.